The molecule has 2 amide bonds. The van der Waals surface area contributed by atoms with E-state index in [1.54, 1.807) is 26.0 Å². The number of hydrogen-bond acceptors (Lipinski definition) is 4. The number of urea groups is 1. The number of esters is 1. The van der Waals surface area contributed by atoms with Crippen molar-refractivity contribution in [3.05, 3.63) is 69.2 Å². The van der Waals surface area contributed by atoms with Crippen molar-refractivity contribution in [1.82, 2.24) is 10.6 Å². The van der Waals surface area contributed by atoms with E-state index in [0.29, 0.717) is 45.1 Å². The standard InChI is InChI=1S/C24H26Cl2N2O4/c1-13(2)12-31-22-17(25)10-16(11-18(22)26)21-19(23(29)32-14(3)4)20(27-24(30)28-21)15-8-6-5-7-9-15/h5-11,13-14,21H,12H2,1-4H3,(H2,27,28,30). The first kappa shape index (κ1) is 24.0. The number of amides is 2. The van der Waals surface area contributed by atoms with Crippen molar-refractivity contribution in [2.75, 3.05) is 6.61 Å². The quantitative estimate of drug-likeness (QED) is 0.499. The van der Waals surface area contributed by atoms with Crippen molar-refractivity contribution in [2.24, 2.45) is 5.92 Å². The monoisotopic (exact) mass is 476 g/mol. The van der Waals surface area contributed by atoms with Crippen LogP contribution in [0.2, 0.25) is 10.0 Å². The van der Waals surface area contributed by atoms with Crippen LogP contribution in [0, 0.1) is 5.92 Å². The fourth-order valence-corrected chi connectivity index (χ4v) is 3.89. The highest BCUT2D eigenvalue weighted by Gasteiger charge is 2.35. The molecule has 0 aromatic heterocycles. The van der Waals surface area contributed by atoms with E-state index >= 15 is 0 Å². The number of benzene rings is 2. The van der Waals surface area contributed by atoms with Gasteiger partial charge in [0.1, 0.15) is 0 Å². The molecule has 8 heteroatoms. The molecular weight excluding hydrogens is 451 g/mol. The maximum absolute atomic E-state index is 13.1. The number of hydrogen-bond donors (Lipinski definition) is 2. The lowest BCUT2D eigenvalue weighted by Crippen LogP contribution is -2.45. The van der Waals surface area contributed by atoms with Gasteiger partial charge >= 0.3 is 12.0 Å². The third-order valence-corrected chi connectivity index (χ3v) is 5.17. The average Bonchev–Trinajstić information content (AvgIpc) is 2.72. The number of nitrogens with one attached hydrogen (secondary N) is 2. The second-order valence-corrected chi connectivity index (χ2v) is 8.97. The van der Waals surface area contributed by atoms with E-state index in [2.05, 4.69) is 10.6 Å². The molecule has 1 unspecified atom stereocenters. The van der Waals surface area contributed by atoms with Gasteiger partial charge in [-0.2, -0.15) is 0 Å². The SMILES string of the molecule is CC(C)COc1c(Cl)cc(C2NC(=O)NC(c3ccccc3)=C2C(=O)OC(C)C)cc1Cl. The summed E-state index contributed by atoms with van der Waals surface area (Å²) in [6, 6.07) is 11.1. The van der Waals surface area contributed by atoms with Gasteiger partial charge < -0.3 is 20.1 Å². The minimum absolute atomic E-state index is 0.257. The van der Waals surface area contributed by atoms with Crippen molar-refractivity contribution in [1.29, 1.82) is 0 Å². The van der Waals surface area contributed by atoms with Crippen LogP contribution in [0.4, 0.5) is 4.79 Å². The molecule has 0 aliphatic carbocycles. The molecule has 1 atom stereocenters. The predicted octanol–water partition coefficient (Wildman–Crippen LogP) is 5.75. The Balaban J connectivity index is 2.12. The van der Waals surface area contributed by atoms with Crippen LogP contribution in [-0.4, -0.2) is 24.7 Å². The van der Waals surface area contributed by atoms with Gasteiger partial charge in [-0.25, -0.2) is 9.59 Å². The van der Waals surface area contributed by atoms with Gasteiger partial charge in [-0.15, -0.1) is 0 Å². The van der Waals surface area contributed by atoms with Gasteiger partial charge in [0, 0.05) is 0 Å². The minimum Gasteiger partial charge on any atom is -0.490 e. The number of carbonyl (C=O) groups excluding carboxylic acids is 2. The molecule has 3 rings (SSSR count). The van der Waals surface area contributed by atoms with Crippen LogP contribution >= 0.6 is 23.2 Å². The molecule has 1 aliphatic rings. The molecule has 1 aliphatic heterocycles. The number of halogens is 2. The van der Waals surface area contributed by atoms with Crippen LogP contribution in [0.1, 0.15) is 44.9 Å². The summed E-state index contributed by atoms with van der Waals surface area (Å²) >= 11 is 12.9. The molecule has 0 bridgehead atoms. The van der Waals surface area contributed by atoms with E-state index in [0.717, 1.165) is 0 Å². The highest BCUT2D eigenvalue weighted by atomic mass is 35.5. The molecule has 0 saturated carbocycles. The maximum Gasteiger partial charge on any atom is 0.338 e. The zero-order valence-electron chi connectivity index (χ0n) is 18.4. The second kappa shape index (κ2) is 10.3. The summed E-state index contributed by atoms with van der Waals surface area (Å²) in [5.41, 5.74) is 1.85. The Morgan fingerprint density at radius 3 is 2.25 bits per heavy atom. The van der Waals surface area contributed by atoms with E-state index in [-0.39, 0.29) is 11.7 Å². The summed E-state index contributed by atoms with van der Waals surface area (Å²) in [5, 5.41) is 6.12. The third kappa shape index (κ3) is 5.56. The summed E-state index contributed by atoms with van der Waals surface area (Å²) < 4.78 is 11.2. The number of carbonyl (C=O) groups is 2. The molecule has 2 aromatic rings. The topological polar surface area (TPSA) is 76.7 Å². The van der Waals surface area contributed by atoms with Crippen LogP contribution < -0.4 is 15.4 Å². The average molecular weight is 477 g/mol. The Bertz CT molecular complexity index is 1010. The summed E-state index contributed by atoms with van der Waals surface area (Å²) in [6.07, 6.45) is -0.343. The van der Waals surface area contributed by atoms with Crippen LogP contribution in [0.25, 0.3) is 5.70 Å². The highest BCUT2D eigenvalue weighted by Crippen LogP contribution is 2.39. The molecule has 32 heavy (non-hydrogen) atoms. The van der Waals surface area contributed by atoms with E-state index in [1.165, 1.54) is 0 Å². The van der Waals surface area contributed by atoms with Crippen LogP contribution in [0.5, 0.6) is 5.75 Å². The molecule has 0 saturated heterocycles. The largest absolute Gasteiger partial charge is 0.490 e. The first-order chi connectivity index (χ1) is 15.2. The highest BCUT2D eigenvalue weighted by molar-refractivity contribution is 6.37. The van der Waals surface area contributed by atoms with E-state index in [4.69, 9.17) is 32.7 Å². The lowest BCUT2D eigenvalue weighted by atomic mass is 9.92. The number of ether oxygens (including phenoxy) is 2. The normalized spacial score (nSPS) is 16.1. The maximum atomic E-state index is 13.1. The first-order valence-electron chi connectivity index (χ1n) is 10.4. The third-order valence-electron chi connectivity index (χ3n) is 4.61. The van der Waals surface area contributed by atoms with Crippen molar-refractivity contribution < 1.29 is 19.1 Å². The Morgan fingerprint density at radius 2 is 1.69 bits per heavy atom. The van der Waals surface area contributed by atoms with Gasteiger partial charge in [0.15, 0.2) is 5.75 Å². The van der Waals surface area contributed by atoms with Crippen LogP contribution in [0.15, 0.2) is 48.0 Å². The molecule has 1 heterocycles. The van der Waals surface area contributed by atoms with Gasteiger partial charge in [-0.05, 0) is 43.0 Å². The Hall–Kier alpha value is -2.70. The molecule has 170 valence electrons. The fraction of sp³-hybridized carbons (Fsp3) is 0.333. The minimum atomic E-state index is -0.820. The first-order valence-corrected chi connectivity index (χ1v) is 11.1. The Kier molecular flexibility index (Phi) is 7.69. The molecule has 2 aromatic carbocycles. The van der Waals surface area contributed by atoms with Crippen LogP contribution in [0.3, 0.4) is 0 Å². The van der Waals surface area contributed by atoms with E-state index < -0.39 is 18.0 Å². The summed E-state index contributed by atoms with van der Waals surface area (Å²) in [4.78, 5) is 25.7. The van der Waals surface area contributed by atoms with E-state index in [1.807, 2.05) is 44.2 Å². The molecule has 0 fully saturated rings. The zero-order valence-corrected chi connectivity index (χ0v) is 19.9. The fourth-order valence-electron chi connectivity index (χ4n) is 3.28. The van der Waals surface area contributed by atoms with Gasteiger partial charge in [0.2, 0.25) is 0 Å². The number of rotatable bonds is 7. The van der Waals surface area contributed by atoms with E-state index in [9.17, 15) is 9.59 Å². The van der Waals surface area contributed by atoms with Crippen molar-refractivity contribution in [2.45, 2.75) is 39.8 Å². The molecule has 0 spiro atoms. The smallest absolute Gasteiger partial charge is 0.338 e. The van der Waals surface area contributed by atoms with Gasteiger partial charge in [-0.1, -0.05) is 67.4 Å². The zero-order chi connectivity index (χ0) is 23.4. The molecule has 2 N–H and O–H groups in total. The van der Waals surface area contributed by atoms with Crippen molar-refractivity contribution in [3.63, 3.8) is 0 Å². The predicted molar refractivity (Wildman–Crippen MR) is 126 cm³/mol. The van der Waals surface area contributed by atoms with Gasteiger partial charge in [-0.3, -0.25) is 0 Å². The summed E-state index contributed by atoms with van der Waals surface area (Å²) in [7, 11) is 0. The Labute approximate surface area is 197 Å². The lowest BCUT2D eigenvalue weighted by Gasteiger charge is -2.30. The summed E-state index contributed by atoms with van der Waals surface area (Å²) in [5.74, 6) is 0.104. The molecular formula is C24H26Cl2N2O4. The van der Waals surface area contributed by atoms with Crippen molar-refractivity contribution in [3.8, 4) is 5.75 Å². The Morgan fingerprint density at radius 1 is 1.06 bits per heavy atom. The summed E-state index contributed by atoms with van der Waals surface area (Å²) in [6.45, 7) is 8.01. The second-order valence-electron chi connectivity index (χ2n) is 8.16. The van der Waals surface area contributed by atoms with Gasteiger partial charge in [0.25, 0.3) is 0 Å². The molecule has 0 radical (unpaired) electrons. The van der Waals surface area contributed by atoms with Gasteiger partial charge in [0.05, 0.1) is 40.1 Å². The van der Waals surface area contributed by atoms with Crippen LogP contribution in [-0.2, 0) is 9.53 Å². The lowest BCUT2D eigenvalue weighted by molar-refractivity contribution is -0.143. The molecule has 6 nitrogen and oxygen atoms in total. The van der Waals surface area contributed by atoms with Crippen molar-refractivity contribution >= 4 is 40.9 Å².